The SMILES string of the molecule is COc1ccc(CC2CCN(C(=O)C(C)Oc3cccc(C#N)c3)CC2)cc1. The van der Waals surface area contributed by atoms with Gasteiger partial charge in [-0.15, -0.1) is 0 Å². The smallest absolute Gasteiger partial charge is 0.263 e. The number of benzene rings is 2. The summed E-state index contributed by atoms with van der Waals surface area (Å²) in [7, 11) is 1.67. The lowest BCUT2D eigenvalue weighted by atomic mass is 9.90. The lowest BCUT2D eigenvalue weighted by molar-refractivity contribution is -0.139. The first-order valence-electron chi connectivity index (χ1n) is 9.67. The quantitative estimate of drug-likeness (QED) is 0.767. The van der Waals surface area contributed by atoms with E-state index >= 15 is 0 Å². The standard InChI is InChI=1S/C23H26N2O3/c1-17(28-22-5-3-4-20(15-22)16-24)23(26)25-12-10-19(11-13-25)14-18-6-8-21(27-2)9-7-18/h3-9,15,17,19H,10-14H2,1-2H3. The van der Waals surface area contributed by atoms with Crippen molar-refractivity contribution in [2.75, 3.05) is 20.2 Å². The monoisotopic (exact) mass is 378 g/mol. The fourth-order valence-electron chi connectivity index (χ4n) is 3.60. The molecule has 1 unspecified atom stereocenters. The Labute approximate surface area is 166 Å². The van der Waals surface area contributed by atoms with Crippen LogP contribution in [0.1, 0.15) is 30.9 Å². The molecule has 3 rings (SSSR count). The van der Waals surface area contributed by atoms with Crippen LogP contribution in [-0.2, 0) is 11.2 Å². The molecule has 1 aliphatic heterocycles. The van der Waals surface area contributed by atoms with Crippen molar-refractivity contribution < 1.29 is 14.3 Å². The van der Waals surface area contributed by atoms with Crippen molar-refractivity contribution in [1.29, 1.82) is 5.26 Å². The van der Waals surface area contributed by atoms with Crippen LogP contribution in [0, 0.1) is 17.2 Å². The molecule has 1 atom stereocenters. The number of nitriles is 1. The first-order valence-corrected chi connectivity index (χ1v) is 9.67. The zero-order valence-electron chi connectivity index (χ0n) is 16.4. The Hall–Kier alpha value is -3.00. The molecule has 1 saturated heterocycles. The molecule has 0 bridgehead atoms. The fraction of sp³-hybridized carbons (Fsp3) is 0.391. The zero-order chi connectivity index (χ0) is 19.9. The van der Waals surface area contributed by atoms with E-state index in [0.29, 0.717) is 17.2 Å². The molecule has 0 saturated carbocycles. The maximum Gasteiger partial charge on any atom is 0.263 e. The van der Waals surface area contributed by atoms with Gasteiger partial charge >= 0.3 is 0 Å². The predicted octanol–water partition coefficient (Wildman–Crippen LogP) is 3.82. The van der Waals surface area contributed by atoms with Gasteiger partial charge in [0.25, 0.3) is 5.91 Å². The Morgan fingerprint density at radius 1 is 1.18 bits per heavy atom. The van der Waals surface area contributed by atoms with E-state index in [0.717, 1.165) is 38.1 Å². The molecule has 1 heterocycles. The number of rotatable bonds is 6. The van der Waals surface area contributed by atoms with E-state index in [9.17, 15) is 4.79 Å². The molecule has 1 amide bonds. The van der Waals surface area contributed by atoms with Crippen LogP contribution in [-0.4, -0.2) is 37.1 Å². The van der Waals surface area contributed by atoms with Crippen LogP contribution < -0.4 is 9.47 Å². The van der Waals surface area contributed by atoms with Crippen molar-refractivity contribution in [2.45, 2.75) is 32.3 Å². The molecule has 5 heteroatoms. The number of likely N-dealkylation sites (tertiary alicyclic amines) is 1. The van der Waals surface area contributed by atoms with Gasteiger partial charge in [-0.1, -0.05) is 18.2 Å². The third-order valence-electron chi connectivity index (χ3n) is 5.23. The number of carbonyl (C=O) groups excluding carboxylic acids is 1. The molecule has 2 aromatic carbocycles. The molecule has 146 valence electrons. The van der Waals surface area contributed by atoms with Gasteiger partial charge in [0.1, 0.15) is 11.5 Å². The minimum atomic E-state index is -0.563. The molecule has 0 N–H and O–H groups in total. The minimum Gasteiger partial charge on any atom is -0.497 e. The topological polar surface area (TPSA) is 62.6 Å². The molecule has 0 radical (unpaired) electrons. The van der Waals surface area contributed by atoms with E-state index in [1.165, 1.54) is 5.56 Å². The van der Waals surface area contributed by atoms with Gasteiger partial charge in [-0.05, 0) is 68.0 Å². The molecule has 1 aliphatic rings. The number of carbonyl (C=O) groups is 1. The Balaban J connectivity index is 1.49. The van der Waals surface area contributed by atoms with E-state index in [1.54, 1.807) is 38.3 Å². The normalized spacial score (nSPS) is 15.5. The summed E-state index contributed by atoms with van der Waals surface area (Å²) in [6, 6.07) is 17.2. The number of methoxy groups -OCH3 is 1. The minimum absolute atomic E-state index is 0.00487. The second kappa shape index (κ2) is 9.27. The van der Waals surface area contributed by atoms with E-state index in [-0.39, 0.29) is 5.91 Å². The van der Waals surface area contributed by atoms with Gasteiger partial charge < -0.3 is 14.4 Å². The van der Waals surface area contributed by atoms with Crippen molar-refractivity contribution in [2.24, 2.45) is 5.92 Å². The maximum absolute atomic E-state index is 12.7. The molecule has 2 aromatic rings. The second-order valence-electron chi connectivity index (χ2n) is 7.22. The summed E-state index contributed by atoms with van der Waals surface area (Å²) in [5.74, 6) is 2.01. The van der Waals surface area contributed by atoms with Crippen LogP contribution in [0.5, 0.6) is 11.5 Å². The highest BCUT2D eigenvalue weighted by molar-refractivity contribution is 5.81. The third-order valence-corrected chi connectivity index (χ3v) is 5.23. The molecule has 28 heavy (non-hydrogen) atoms. The lowest BCUT2D eigenvalue weighted by Gasteiger charge is -2.33. The van der Waals surface area contributed by atoms with Crippen LogP contribution in [0.3, 0.4) is 0 Å². The molecular weight excluding hydrogens is 352 g/mol. The van der Waals surface area contributed by atoms with Crippen molar-refractivity contribution in [3.63, 3.8) is 0 Å². The van der Waals surface area contributed by atoms with E-state index in [4.69, 9.17) is 14.7 Å². The summed E-state index contributed by atoms with van der Waals surface area (Å²) < 4.78 is 11.0. The highest BCUT2D eigenvalue weighted by Gasteiger charge is 2.27. The van der Waals surface area contributed by atoms with Gasteiger partial charge in [-0.2, -0.15) is 5.26 Å². The van der Waals surface area contributed by atoms with Crippen LogP contribution >= 0.6 is 0 Å². The number of piperidine rings is 1. The largest absolute Gasteiger partial charge is 0.497 e. The first kappa shape index (κ1) is 19.8. The maximum atomic E-state index is 12.7. The molecule has 0 spiro atoms. The number of amides is 1. The Morgan fingerprint density at radius 2 is 1.89 bits per heavy atom. The zero-order valence-corrected chi connectivity index (χ0v) is 16.4. The average molecular weight is 378 g/mol. The van der Waals surface area contributed by atoms with Crippen LogP contribution in [0.15, 0.2) is 48.5 Å². The van der Waals surface area contributed by atoms with Gasteiger partial charge in [0.15, 0.2) is 6.10 Å². The Bertz CT molecular complexity index is 834. The molecular formula is C23H26N2O3. The third kappa shape index (κ3) is 5.04. The van der Waals surface area contributed by atoms with Crippen molar-refractivity contribution in [1.82, 2.24) is 4.90 Å². The molecule has 0 aromatic heterocycles. The highest BCUT2D eigenvalue weighted by Crippen LogP contribution is 2.24. The summed E-state index contributed by atoms with van der Waals surface area (Å²) in [5.41, 5.74) is 1.83. The number of hydrogen-bond acceptors (Lipinski definition) is 4. The number of hydrogen-bond donors (Lipinski definition) is 0. The summed E-state index contributed by atoms with van der Waals surface area (Å²) in [5, 5.41) is 8.98. The van der Waals surface area contributed by atoms with Crippen molar-refractivity contribution >= 4 is 5.91 Å². The predicted molar refractivity (Wildman–Crippen MR) is 107 cm³/mol. The Kier molecular flexibility index (Phi) is 6.54. The Morgan fingerprint density at radius 3 is 2.54 bits per heavy atom. The van der Waals surface area contributed by atoms with Crippen LogP contribution in [0.4, 0.5) is 0 Å². The number of nitrogens with zero attached hydrogens (tertiary/aromatic N) is 2. The fourth-order valence-corrected chi connectivity index (χ4v) is 3.60. The molecule has 1 fully saturated rings. The van der Waals surface area contributed by atoms with Crippen molar-refractivity contribution in [3.05, 3.63) is 59.7 Å². The summed E-state index contributed by atoms with van der Waals surface area (Å²) in [6.45, 7) is 3.28. The lowest BCUT2D eigenvalue weighted by Crippen LogP contribution is -2.45. The summed E-state index contributed by atoms with van der Waals surface area (Å²) >= 11 is 0. The highest BCUT2D eigenvalue weighted by atomic mass is 16.5. The van der Waals surface area contributed by atoms with E-state index < -0.39 is 6.10 Å². The average Bonchev–Trinajstić information content (AvgIpc) is 2.74. The van der Waals surface area contributed by atoms with E-state index in [2.05, 4.69) is 18.2 Å². The summed E-state index contributed by atoms with van der Waals surface area (Å²) in [4.78, 5) is 14.6. The van der Waals surface area contributed by atoms with Gasteiger partial charge in [-0.25, -0.2) is 0 Å². The van der Waals surface area contributed by atoms with Crippen LogP contribution in [0.2, 0.25) is 0 Å². The number of ether oxygens (including phenoxy) is 2. The molecule has 0 aliphatic carbocycles. The van der Waals surface area contributed by atoms with Gasteiger partial charge in [0.2, 0.25) is 0 Å². The van der Waals surface area contributed by atoms with Gasteiger partial charge in [-0.3, -0.25) is 4.79 Å². The van der Waals surface area contributed by atoms with Gasteiger partial charge in [0, 0.05) is 13.1 Å². The van der Waals surface area contributed by atoms with E-state index in [1.807, 2.05) is 17.0 Å². The van der Waals surface area contributed by atoms with Crippen LogP contribution in [0.25, 0.3) is 0 Å². The van der Waals surface area contributed by atoms with Gasteiger partial charge in [0.05, 0.1) is 18.7 Å². The summed E-state index contributed by atoms with van der Waals surface area (Å²) in [6.07, 6.45) is 2.45. The molecule has 5 nitrogen and oxygen atoms in total. The first-order chi connectivity index (χ1) is 13.6. The second-order valence-corrected chi connectivity index (χ2v) is 7.22. The van der Waals surface area contributed by atoms with Crippen molar-refractivity contribution in [3.8, 4) is 17.6 Å².